The van der Waals surface area contributed by atoms with Crippen molar-refractivity contribution in [2.75, 3.05) is 11.9 Å². The average molecular weight is 352 g/mol. The van der Waals surface area contributed by atoms with Gasteiger partial charge < -0.3 is 10.1 Å². The Morgan fingerprint density at radius 1 is 1.29 bits per heavy atom. The molecule has 0 fully saturated rings. The van der Waals surface area contributed by atoms with Crippen molar-refractivity contribution in [1.82, 2.24) is 0 Å². The van der Waals surface area contributed by atoms with Crippen LogP contribution in [0.1, 0.15) is 23.7 Å². The zero-order chi connectivity index (χ0) is 15.2. The van der Waals surface area contributed by atoms with E-state index in [2.05, 4.69) is 21.2 Å². The lowest BCUT2D eigenvalue weighted by molar-refractivity contribution is 0.102. The normalized spacial score (nSPS) is 10.2. The van der Waals surface area contributed by atoms with Gasteiger partial charge >= 0.3 is 0 Å². The Bertz CT molecular complexity index is 646. The van der Waals surface area contributed by atoms with Crippen LogP contribution in [0.15, 0.2) is 46.9 Å². The first kappa shape index (κ1) is 15.5. The van der Waals surface area contributed by atoms with E-state index >= 15 is 0 Å². The second-order valence-corrected chi connectivity index (χ2v) is 5.34. The van der Waals surface area contributed by atoms with Crippen LogP contribution < -0.4 is 10.1 Å². The molecule has 21 heavy (non-hydrogen) atoms. The summed E-state index contributed by atoms with van der Waals surface area (Å²) in [7, 11) is 0. The molecule has 1 amide bonds. The summed E-state index contributed by atoms with van der Waals surface area (Å²) in [6.45, 7) is 2.55. The molecule has 0 aliphatic rings. The summed E-state index contributed by atoms with van der Waals surface area (Å²) in [6.07, 6.45) is 0.864. The van der Waals surface area contributed by atoms with Gasteiger partial charge in [-0.2, -0.15) is 0 Å². The van der Waals surface area contributed by atoms with Crippen LogP contribution in [0.5, 0.6) is 5.75 Å². The Hall–Kier alpha value is -1.88. The molecule has 0 atom stereocenters. The first-order valence-electron chi connectivity index (χ1n) is 6.60. The van der Waals surface area contributed by atoms with Crippen LogP contribution >= 0.6 is 15.9 Å². The maximum atomic E-state index is 13.7. The monoisotopic (exact) mass is 351 g/mol. The fraction of sp³-hybridized carbons (Fsp3) is 0.188. The molecule has 3 nitrogen and oxygen atoms in total. The van der Waals surface area contributed by atoms with Crippen LogP contribution in [-0.4, -0.2) is 12.5 Å². The van der Waals surface area contributed by atoms with E-state index in [4.69, 9.17) is 4.74 Å². The van der Waals surface area contributed by atoms with Crippen molar-refractivity contribution in [1.29, 1.82) is 0 Å². The number of ether oxygens (including phenoxy) is 1. The zero-order valence-corrected chi connectivity index (χ0v) is 13.1. The van der Waals surface area contributed by atoms with Crippen molar-refractivity contribution in [2.24, 2.45) is 0 Å². The van der Waals surface area contributed by atoms with E-state index in [9.17, 15) is 9.18 Å². The number of para-hydroxylation sites is 2. The minimum Gasteiger partial charge on any atom is -0.491 e. The van der Waals surface area contributed by atoms with Crippen molar-refractivity contribution < 1.29 is 13.9 Å². The maximum Gasteiger partial charge on any atom is 0.258 e. The number of anilines is 1. The smallest absolute Gasteiger partial charge is 0.258 e. The summed E-state index contributed by atoms with van der Waals surface area (Å²) in [6, 6.07) is 11.3. The van der Waals surface area contributed by atoms with Gasteiger partial charge in [0, 0.05) is 4.47 Å². The molecule has 0 saturated heterocycles. The van der Waals surface area contributed by atoms with E-state index < -0.39 is 11.7 Å². The lowest BCUT2D eigenvalue weighted by atomic mass is 10.2. The molecule has 0 bridgehead atoms. The van der Waals surface area contributed by atoms with Gasteiger partial charge in [0.2, 0.25) is 0 Å². The molecular formula is C16H15BrFNO2. The molecule has 0 radical (unpaired) electrons. The number of rotatable bonds is 5. The van der Waals surface area contributed by atoms with Crippen LogP contribution in [0.25, 0.3) is 0 Å². The van der Waals surface area contributed by atoms with E-state index in [0.29, 0.717) is 22.5 Å². The molecule has 0 aromatic heterocycles. The quantitative estimate of drug-likeness (QED) is 0.852. The van der Waals surface area contributed by atoms with Crippen LogP contribution in [0.2, 0.25) is 0 Å². The Morgan fingerprint density at radius 2 is 2.05 bits per heavy atom. The molecule has 0 aliphatic carbocycles. The van der Waals surface area contributed by atoms with Crippen molar-refractivity contribution in [2.45, 2.75) is 13.3 Å². The summed E-state index contributed by atoms with van der Waals surface area (Å²) in [4.78, 5) is 12.2. The molecule has 0 aliphatic heterocycles. The highest BCUT2D eigenvalue weighted by molar-refractivity contribution is 9.10. The largest absolute Gasteiger partial charge is 0.491 e. The highest BCUT2D eigenvalue weighted by atomic mass is 79.9. The summed E-state index contributed by atoms with van der Waals surface area (Å²) in [5.74, 6) is -0.507. The molecule has 0 saturated carbocycles. The average Bonchev–Trinajstić information content (AvgIpc) is 2.48. The fourth-order valence-corrected chi connectivity index (χ4v) is 2.13. The molecule has 2 aromatic rings. The summed E-state index contributed by atoms with van der Waals surface area (Å²) < 4.78 is 19.9. The van der Waals surface area contributed by atoms with Gasteiger partial charge in [-0.3, -0.25) is 4.79 Å². The Morgan fingerprint density at radius 3 is 2.81 bits per heavy atom. The molecule has 0 spiro atoms. The summed E-state index contributed by atoms with van der Waals surface area (Å²) >= 11 is 3.23. The third-order valence-electron chi connectivity index (χ3n) is 2.77. The van der Waals surface area contributed by atoms with E-state index in [-0.39, 0.29) is 5.56 Å². The van der Waals surface area contributed by atoms with Crippen LogP contribution in [-0.2, 0) is 0 Å². The number of hydrogen-bond acceptors (Lipinski definition) is 2. The molecule has 110 valence electrons. The van der Waals surface area contributed by atoms with E-state index in [1.807, 2.05) is 13.0 Å². The minimum atomic E-state index is -0.567. The Kier molecular flexibility index (Phi) is 5.33. The number of halogens is 2. The van der Waals surface area contributed by atoms with E-state index in [1.165, 1.54) is 12.1 Å². The molecule has 0 unspecified atom stereocenters. The third kappa shape index (κ3) is 4.04. The van der Waals surface area contributed by atoms with Crippen LogP contribution in [0.3, 0.4) is 0 Å². The lowest BCUT2D eigenvalue weighted by Gasteiger charge is -2.12. The van der Waals surface area contributed by atoms with Gasteiger partial charge in [0.25, 0.3) is 5.91 Å². The molecule has 1 N–H and O–H groups in total. The van der Waals surface area contributed by atoms with Crippen molar-refractivity contribution >= 4 is 27.5 Å². The predicted octanol–water partition coefficient (Wildman–Crippen LogP) is 4.63. The van der Waals surface area contributed by atoms with E-state index in [0.717, 1.165) is 6.42 Å². The van der Waals surface area contributed by atoms with Gasteiger partial charge in [-0.1, -0.05) is 35.0 Å². The highest BCUT2D eigenvalue weighted by Gasteiger charge is 2.14. The Labute approximate surface area is 131 Å². The van der Waals surface area contributed by atoms with Crippen molar-refractivity contribution in [3.8, 4) is 5.75 Å². The standard InChI is InChI=1S/C16H15BrFNO2/c1-2-9-21-15-6-4-3-5-14(15)19-16(20)12-10-11(17)7-8-13(12)18/h3-8,10H,2,9H2,1H3,(H,19,20). The molecule has 0 heterocycles. The molecule has 2 rings (SSSR count). The number of hydrogen-bond donors (Lipinski definition) is 1. The number of carbonyl (C=O) groups excluding carboxylic acids is 1. The maximum absolute atomic E-state index is 13.7. The molecule has 5 heteroatoms. The van der Waals surface area contributed by atoms with Gasteiger partial charge in [-0.05, 0) is 36.8 Å². The van der Waals surface area contributed by atoms with Gasteiger partial charge in [0.15, 0.2) is 0 Å². The van der Waals surface area contributed by atoms with Crippen molar-refractivity contribution in [3.63, 3.8) is 0 Å². The molecular weight excluding hydrogens is 337 g/mol. The first-order chi connectivity index (χ1) is 10.1. The van der Waals surface area contributed by atoms with E-state index in [1.54, 1.807) is 24.3 Å². The summed E-state index contributed by atoms with van der Waals surface area (Å²) in [5.41, 5.74) is 0.505. The number of nitrogens with one attached hydrogen (secondary N) is 1. The van der Waals surface area contributed by atoms with Gasteiger partial charge in [-0.25, -0.2) is 4.39 Å². The first-order valence-corrected chi connectivity index (χ1v) is 7.39. The second-order valence-electron chi connectivity index (χ2n) is 4.42. The lowest BCUT2D eigenvalue weighted by Crippen LogP contribution is -2.14. The number of benzene rings is 2. The van der Waals surface area contributed by atoms with Crippen LogP contribution in [0.4, 0.5) is 10.1 Å². The topological polar surface area (TPSA) is 38.3 Å². The fourth-order valence-electron chi connectivity index (χ4n) is 1.77. The zero-order valence-electron chi connectivity index (χ0n) is 11.5. The predicted molar refractivity (Wildman–Crippen MR) is 84.3 cm³/mol. The summed E-state index contributed by atoms with van der Waals surface area (Å²) in [5, 5.41) is 2.68. The van der Waals surface area contributed by atoms with Crippen molar-refractivity contribution in [3.05, 3.63) is 58.3 Å². The number of amides is 1. The minimum absolute atomic E-state index is 0.0188. The van der Waals surface area contributed by atoms with Gasteiger partial charge in [-0.15, -0.1) is 0 Å². The SMILES string of the molecule is CCCOc1ccccc1NC(=O)c1cc(Br)ccc1F. The third-order valence-corrected chi connectivity index (χ3v) is 3.26. The van der Waals surface area contributed by atoms with Crippen LogP contribution in [0, 0.1) is 5.82 Å². The Balaban J connectivity index is 2.21. The highest BCUT2D eigenvalue weighted by Crippen LogP contribution is 2.25. The molecule has 2 aromatic carbocycles. The van der Waals surface area contributed by atoms with Gasteiger partial charge in [0.05, 0.1) is 17.9 Å². The number of carbonyl (C=O) groups is 1. The second kappa shape index (κ2) is 7.22. The van der Waals surface area contributed by atoms with Gasteiger partial charge in [0.1, 0.15) is 11.6 Å².